The molecule has 4 aliphatic rings. The van der Waals surface area contributed by atoms with E-state index in [4.69, 9.17) is 9.47 Å². The molecule has 1 saturated carbocycles. The Morgan fingerprint density at radius 1 is 1.06 bits per heavy atom. The highest BCUT2D eigenvalue weighted by Gasteiger charge is 2.59. The van der Waals surface area contributed by atoms with Crippen molar-refractivity contribution in [2.75, 3.05) is 5.32 Å². The average molecular weight is 469 g/mol. The van der Waals surface area contributed by atoms with Gasteiger partial charge >= 0.3 is 6.03 Å². The van der Waals surface area contributed by atoms with Gasteiger partial charge in [0.25, 0.3) is 0 Å². The number of aryl methyl sites for hydroxylation is 1. The lowest BCUT2D eigenvalue weighted by Gasteiger charge is -2.19. The largest absolute Gasteiger partial charge is 0.487 e. The summed E-state index contributed by atoms with van der Waals surface area (Å²) in [6.45, 7) is 0. The van der Waals surface area contributed by atoms with Crippen LogP contribution in [0.5, 0.6) is 17.2 Å². The van der Waals surface area contributed by atoms with E-state index < -0.39 is 0 Å². The summed E-state index contributed by atoms with van der Waals surface area (Å²) in [6.07, 6.45) is 4.50. The fourth-order valence-corrected chi connectivity index (χ4v) is 5.61. The quantitative estimate of drug-likeness (QED) is 0.538. The molecular formula is C27H24N4O4. The molecule has 35 heavy (non-hydrogen) atoms. The summed E-state index contributed by atoms with van der Waals surface area (Å²) >= 11 is 0. The molecule has 1 unspecified atom stereocenters. The van der Waals surface area contributed by atoms with Gasteiger partial charge in [0, 0.05) is 23.7 Å². The molecule has 1 fully saturated rings. The Morgan fingerprint density at radius 3 is 2.91 bits per heavy atom. The predicted molar refractivity (Wildman–Crippen MR) is 128 cm³/mol. The summed E-state index contributed by atoms with van der Waals surface area (Å²) in [5.41, 5.74) is 4.46. The number of urea groups is 1. The molecule has 3 N–H and O–H groups in total. The molecule has 2 aromatic carbocycles. The first-order valence-corrected chi connectivity index (χ1v) is 12.0. The lowest BCUT2D eigenvalue weighted by atomic mass is 10.1. The summed E-state index contributed by atoms with van der Waals surface area (Å²) in [5, 5.41) is 9.03. The van der Waals surface area contributed by atoms with Crippen molar-refractivity contribution in [1.29, 1.82) is 0 Å². The molecule has 0 spiro atoms. The summed E-state index contributed by atoms with van der Waals surface area (Å²) in [4.78, 5) is 28.7. The topological polar surface area (TPSA) is 102 Å². The number of anilines is 1. The maximum absolute atomic E-state index is 12.7. The van der Waals surface area contributed by atoms with Crippen molar-refractivity contribution in [2.45, 2.75) is 49.8 Å². The van der Waals surface area contributed by atoms with Crippen LogP contribution in [0.15, 0.2) is 54.7 Å². The number of ether oxygens (including phenoxy) is 2. The van der Waals surface area contributed by atoms with Crippen LogP contribution in [-0.2, 0) is 17.6 Å². The third kappa shape index (κ3) is 3.48. The first kappa shape index (κ1) is 20.3. The van der Waals surface area contributed by atoms with Crippen molar-refractivity contribution in [3.05, 3.63) is 77.0 Å². The Hall–Kier alpha value is -4.07. The van der Waals surface area contributed by atoms with Crippen LogP contribution in [0.3, 0.4) is 0 Å². The van der Waals surface area contributed by atoms with Crippen LogP contribution in [0.4, 0.5) is 10.6 Å². The Kier molecular flexibility index (Phi) is 4.49. The minimum Gasteiger partial charge on any atom is -0.487 e. The minimum atomic E-state index is -0.158. The van der Waals surface area contributed by atoms with Gasteiger partial charge in [0.2, 0.25) is 5.91 Å². The van der Waals surface area contributed by atoms with Gasteiger partial charge in [-0.3, -0.25) is 4.79 Å². The second-order valence-corrected chi connectivity index (χ2v) is 9.53. The number of nitrogens with one attached hydrogen (secondary N) is 3. The summed E-state index contributed by atoms with van der Waals surface area (Å²) < 4.78 is 12.3. The number of fused-ring (bicyclic) bond motifs is 5. The first-order valence-electron chi connectivity index (χ1n) is 12.0. The molecule has 0 bridgehead atoms. The Bertz CT molecular complexity index is 1370. The third-order valence-corrected chi connectivity index (χ3v) is 7.39. The maximum Gasteiger partial charge on any atom is 0.315 e. The summed E-state index contributed by atoms with van der Waals surface area (Å²) in [5.74, 6) is 2.85. The van der Waals surface area contributed by atoms with Gasteiger partial charge in [-0.2, -0.15) is 0 Å². The highest BCUT2D eigenvalue weighted by Crippen LogP contribution is 2.54. The number of amides is 3. The van der Waals surface area contributed by atoms with E-state index in [0.717, 1.165) is 29.7 Å². The van der Waals surface area contributed by atoms with Crippen molar-refractivity contribution < 1.29 is 19.1 Å². The number of carbonyl (C=O) groups is 2. The molecule has 3 aromatic rings. The first-order chi connectivity index (χ1) is 17.1. The average Bonchev–Trinajstić information content (AvgIpc) is 3.18. The lowest BCUT2D eigenvalue weighted by molar-refractivity contribution is -0.116. The van der Waals surface area contributed by atoms with Crippen LogP contribution in [0.2, 0.25) is 0 Å². The Balaban J connectivity index is 1.03. The van der Waals surface area contributed by atoms with Gasteiger partial charge in [-0.15, -0.1) is 0 Å². The van der Waals surface area contributed by atoms with E-state index in [1.807, 2.05) is 36.4 Å². The van der Waals surface area contributed by atoms with Crippen molar-refractivity contribution in [1.82, 2.24) is 15.6 Å². The van der Waals surface area contributed by atoms with Crippen LogP contribution >= 0.6 is 0 Å². The van der Waals surface area contributed by atoms with E-state index in [0.29, 0.717) is 30.2 Å². The lowest BCUT2D eigenvalue weighted by Crippen LogP contribution is -2.40. The van der Waals surface area contributed by atoms with Gasteiger partial charge in [0.15, 0.2) is 0 Å². The zero-order valence-electron chi connectivity index (χ0n) is 18.9. The van der Waals surface area contributed by atoms with Gasteiger partial charge in [-0.25, -0.2) is 9.78 Å². The van der Waals surface area contributed by atoms with E-state index in [1.165, 1.54) is 11.1 Å². The molecule has 8 heteroatoms. The van der Waals surface area contributed by atoms with Crippen LogP contribution in [-0.4, -0.2) is 29.1 Å². The fraction of sp³-hybridized carbons (Fsp3) is 0.296. The maximum atomic E-state index is 12.7. The molecule has 3 amide bonds. The predicted octanol–water partition coefficient (Wildman–Crippen LogP) is 3.97. The second-order valence-electron chi connectivity index (χ2n) is 9.53. The molecule has 8 nitrogen and oxygen atoms in total. The molecule has 3 heterocycles. The third-order valence-electron chi connectivity index (χ3n) is 7.39. The van der Waals surface area contributed by atoms with Crippen molar-refractivity contribution in [3.8, 4) is 17.2 Å². The smallest absolute Gasteiger partial charge is 0.315 e. The van der Waals surface area contributed by atoms with Crippen molar-refractivity contribution >= 4 is 17.8 Å². The van der Waals surface area contributed by atoms with E-state index in [-0.39, 0.29) is 36.0 Å². The van der Waals surface area contributed by atoms with Crippen LogP contribution < -0.4 is 25.4 Å². The van der Waals surface area contributed by atoms with Crippen LogP contribution in [0.25, 0.3) is 0 Å². The minimum absolute atomic E-state index is 0.0312. The number of carbonyl (C=O) groups excluding carboxylic acids is 2. The highest BCUT2D eigenvalue weighted by molar-refractivity contribution is 5.93. The highest BCUT2D eigenvalue weighted by atomic mass is 16.5. The van der Waals surface area contributed by atoms with E-state index in [2.05, 4.69) is 33.1 Å². The van der Waals surface area contributed by atoms with E-state index in [1.54, 1.807) is 6.20 Å². The zero-order chi connectivity index (χ0) is 23.5. The van der Waals surface area contributed by atoms with Gasteiger partial charge in [-0.1, -0.05) is 24.3 Å². The molecule has 4 atom stereocenters. The number of nitrogens with zero attached hydrogens (tertiary/aromatic N) is 1. The number of rotatable bonds is 4. The van der Waals surface area contributed by atoms with Crippen molar-refractivity contribution in [2.24, 2.45) is 0 Å². The molecule has 0 radical (unpaired) electrons. The van der Waals surface area contributed by atoms with Gasteiger partial charge < -0.3 is 25.4 Å². The summed E-state index contributed by atoms with van der Waals surface area (Å²) in [6, 6.07) is 15.7. The summed E-state index contributed by atoms with van der Waals surface area (Å²) in [7, 11) is 0. The fourth-order valence-electron chi connectivity index (χ4n) is 5.61. The van der Waals surface area contributed by atoms with Crippen LogP contribution in [0.1, 0.15) is 47.1 Å². The Labute approximate surface area is 202 Å². The Morgan fingerprint density at radius 2 is 1.97 bits per heavy atom. The van der Waals surface area contributed by atoms with E-state index in [9.17, 15) is 9.59 Å². The molecule has 0 saturated heterocycles. The van der Waals surface area contributed by atoms with Gasteiger partial charge in [0.1, 0.15) is 29.2 Å². The molecule has 1 aromatic heterocycles. The molecule has 2 aliphatic heterocycles. The molecule has 176 valence electrons. The number of pyridine rings is 1. The normalized spacial score (nSPS) is 24.7. The van der Waals surface area contributed by atoms with E-state index >= 15 is 0 Å². The zero-order valence-corrected chi connectivity index (χ0v) is 18.9. The SMILES string of the molecule is O=C1CCc2c(Oc3ccc4c(c3)[C@@H]3C(O4)[C@H]3NC(=O)N[C@H]3CCc4ccccc43)ccnc2N1. The van der Waals surface area contributed by atoms with Gasteiger partial charge in [-0.05, 0) is 54.7 Å². The number of hydrogen-bond acceptors (Lipinski definition) is 5. The number of benzene rings is 2. The standard InChI is InChI=1S/C27H24N4O4/c32-22-10-7-17-21(11-12-28-26(17)30-22)34-15-6-9-20-18(13-15)23-24(25(23)35-20)31-27(33)29-19-8-5-14-3-1-2-4-16(14)19/h1-4,6,9,11-13,19,23-25H,5,7-8,10H2,(H,28,30,32)(H2,29,31,33)/t19-,23-,24-,25?/m0/s1. The monoisotopic (exact) mass is 468 g/mol. The van der Waals surface area contributed by atoms with Crippen LogP contribution in [0, 0.1) is 0 Å². The second kappa shape index (κ2) is 7.73. The van der Waals surface area contributed by atoms with Gasteiger partial charge in [0.05, 0.1) is 18.0 Å². The molecule has 7 rings (SSSR count). The molecular weight excluding hydrogens is 444 g/mol. The number of aromatic nitrogens is 1. The number of hydrogen-bond donors (Lipinski definition) is 3. The molecule has 2 aliphatic carbocycles. The van der Waals surface area contributed by atoms with Crippen molar-refractivity contribution in [3.63, 3.8) is 0 Å².